The molecule has 9 heteroatoms. The van der Waals surface area contributed by atoms with Gasteiger partial charge in [-0.3, -0.25) is 14.9 Å². The number of hydrogen-bond donors (Lipinski definition) is 2. The Morgan fingerprint density at radius 3 is 2.66 bits per heavy atom. The number of benzene rings is 2. The third-order valence-electron chi connectivity index (χ3n) is 4.89. The van der Waals surface area contributed by atoms with Crippen molar-refractivity contribution >= 4 is 23.3 Å². The van der Waals surface area contributed by atoms with Crippen molar-refractivity contribution in [3.8, 4) is 5.75 Å². The normalized spacial score (nSPS) is 17.0. The number of likely N-dealkylation sites (tertiary alicyclic amines) is 1. The zero-order valence-corrected chi connectivity index (χ0v) is 16.1. The summed E-state index contributed by atoms with van der Waals surface area (Å²) in [6.07, 6.45) is 0.191. The molecule has 0 aromatic heterocycles. The number of amides is 3. The lowest BCUT2D eigenvalue weighted by molar-refractivity contribution is -0.384. The van der Waals surface area contributed by atoms with Crippen LogP contribution in [-0.4, -0.2) is 41.5 Å². The molecule has 0 radical (unpaired) electrons. The van der Waals surface area contributed by atoms with Crippen LogP contribution in [0.2, 0.25) is 0 Å². The Labute approximate surface area is 167 Å². The third kappa shape index (κ3) is 4.63. The maximum atomic E-state index is 12.4. The summed E-state index contributed by atoms with van der Waals surface area (Å²) < 4.78 is 5.14. The molecular formula is C20H22N4O5. The number of nitrogens with one attached hydrogen (secondary N) is 2. The van der Waals surface area contributed by atoms with Gasteiger partial charge in [0.25, 0.3) is 5.69 Å². The number of nitro groups is 1. The van der Waals surface area contributed by atoms with Gasteiger partial charge in [-0.1, -0.05) is 30.3 Å². The van der Waals surface area contributed by atoms with Crippen LogP contribution in [0.1, 0.15) is 24.9 Å². The zero-order chi connectivity index (χ0) is 21.0. The van der Waals surface area contributed by atoms with Crippen molar-refractivity contribution in [2.75, 3.05) is 19.0 Å². The molecule has 9 nitrogen and oxygen atoms in total. The smallest absolute Gasteiger partial charge is 0.319 e. The summed E-state index contributed by atoms with van der Waals surface area (Å²) in [5, 5.41) is 16.3. The van der Waals surface area contributed by atoms with Gasteiger partial charge in [0.15, 0.2) is 0 Å². The van der Waals surface area contributed by atoms with Crippen molar-refractivity contribution in [1.82, 2.24) is 10.2 Å². The first kappa shape index (κ1) is 20.1. The monoisotopic (exact) mass is 398 g/mol. The molecule has 0 bridgehead atoms. The topological polar surface area (TPSA) is 114 Å². The van der Waals surface area contributed by atoms with Gasteiger partial charge >= 0.3 is 6.03 Å². The van der Waals surface area contributed by atoms with E-state index in [1.165, 1.54) is 25.3 Å². The molecule has 1 saturated heterocycles. The van der Waals surface area contributed by atoms with Crippen molar-refractivity contribution in [2.45, 2.75) is 25.4 Å². The number of non-ortho nitro benzene ring substituents is 1. The van der Waals surface area contributed by atoms with Gasteiger partial charge < -0.3 is 20.3 Å². The molecule has 3 amide bonds. The number of rotatable bonds is 6. The fourth-order valence-corrected chi connectivity index (χ4v) is 3.37. The Morgan fingerprint density at radius 1 is 1.28 bits per heavy atom. The van der Waals surface area contributed by atoms with Gasteiger partial charge in [-0.15, -0.1) is 0 Å². The summed E-state index contributed by atoms with van der Waals surface area (Å²) in [5.74, 6) is 0.257. The summed E-state index contributed by atoms with van der Waals surface area (Å²) >= 11 is 0. The zero-order valence-electron chi connectivity index (χ0n) is 16.1. The molecule has 2 unspecified atom stereocenters. The molecule has 0 saturated carbocycles. The van der Waals surface area contributed by atoms with Crippen molar-refractivity contribution < 1.29 is 19.2 Å². The molecule has 2 aromatic carbocycles. The molecule has 3 rings (SSSR count). The average Bonchev–Trinajstić information content (AvgIpc) is 3.07. The maximum absolute atomic E-state index is 12.4. The second kappa shape index (κ2) is 8.59. The molecule has 29 heavy (non-hydrogen) atoms. The van der Waals surface area contributed by atoms with E-state index in [4.69, 9.17) is 4.74 Å². The van der Waals surface area contributed by atoms with E-state index < -0.39 is 11.0 Å². The molecule has 1 aliphatic rings. The second-order valence-electron chi connectivity index (χ2n) is 6.77. The van der Waals surface area contributed by atoms with Crippen LogP contribution in [-0.2, 0) is 4.79 Å². The predicted molar refractivity (Wildman–Crippen MR) is 107 cm³/mol. The summed E-state index contributed by atoms with van der Waals surface area (Å²) in [4.78, 5) is 37.0. The van der Waals surface area contributed by atoms with Gasteiger partial charge in [0.2, 0.25) is 5.91 Å². The highest BCUT2D eigenvalue weighted by Crippen LogP contribution is 2.29. The van der Waals surface area contributed by atoms with Gasteiger partial charge in [0, 0.05) is 25.1 Å². The largest absolute Gasteiger partial charge is 0.495 e. The Balaban J connectivity index is 1.64. The van der Waals surface area contributed by atoms with Gasteiger partial charge in [-0.25, -0.2) is 4.79 Å². The van der Waals surface area contributed by atoms with Crippen molar-refractivity contribution in [3.05, 3.63) is 64.2 Å². The Hall–Kier alpha value is -3.62. The first-order valence-corrected chi connectivity index (χ1v) is 9.13. The Morgan fingerprint density at radius 2 is 2.00 bits per heavy atom. The number of carbonyl (C=O) groups excluding carboxylic acids is 2. The highest BCUT2D eigenvalue weighted by atomic mass is 16.6. The minimum absolute atomic E-state index is 0.0421. The summed E-state index contributed by atoms with van der Waals surface area (Å²) in [6, 6.07) is 12.6. The van der Waals surface area contributed by atoms with Crippen LogP contribution in [0.25, 0.3) is 0 Å². The predicted octanol–water partition coefficient (Wildman–Crippen LogP) is 3.09. The number of anilines is 1. The quantitative estimate of drug-likeness (QED) is 0.573. The fourth-order valence-electron chi connectivity index (χ4n) is 3.37. The van der Waals surface area contributed by atoms with Crippen LogP contribution in [0.3, 0.4) is 0 Å². The molecule has 2 aromatic rings. The molecule has 2 atom stereocenters. The minimum atomic E-state index is -0.559. The SMILES string of the molecule is COc1ccc([N+](=O)[O-])cc1NC(=O)NC1CC(=O)N(C(C)c2ccccc2)C1. The van der Waals surface area contributed by atoms with E-state index in [9.17, 15) is 19.7 Å². The van der Waals surface area contributed by atoms with E-state index in [1.807, 2.05) is 37.3 Å². The molecule has 1 heterocycles. The molecular weight excluding hydrogens is 376 g/mol. The maximum Gasteiger partial charge on any atom is 0.319 e. The number of urea groups is 1. The van der Waals surface area contributed by atoms with Gasteiger partial charge in [0.1, 0.15) is 5.75 Å². The second-order valence-corrected chi connectivity index (χ2v) is 6.77. The first-order valence-electron chi connectivity index (χ1n) is 9.13. The number of hydrogen-bond acceptors (Lipinski definition) is 5. The Kier molecular flexibility index (Phi) is 5.96. The van der Waals surface area contributed by atoms with Crippen LogP contribution in [0.5, 0.6) is 5.75 Å². The van der Waals surface area contributed by atoms with Gasteiger partial charge in [0.05, 0.1) is 29.8 Å². The van der Waals surface area contributed by atoms with Crippen molar-refractivity contribution in [3.63, 3.8) is 0 Å². The summed E-state index contributed by atoms with van der Waals surface area (Å²) in [5.41, 5.74) is 1.03. The lowest BCUT2D eigenvalue weighted by Crippen LogP contribution is -2.40. The number of nitrogens with zero attached hydrogens (tertiary/aromatic N) is 2. The lowest BCUT2D eigenvalue weighted by atomic mass is 10.1. The molecule has 0 spiro atoms. The number of nitro benzene ring substituents is 1. The highest BCUT2D eigenvalue weighted by Gasteiger charge is 2.34. The number of methoxy groups -OCH3 is 1. The third-order valence-corrected chi connectivity index (χ3v) is 4.89. The first-order chi connectivity index (χ1) is 13.9. The van der Waals surface area contributed by atoms with Crippen LogP contribution in [0, 0.1) is 10.1 Å². The average molecular weight is 398 g/mol. The van der Waals surface area contributed by atoms with Crippen LogP contribution >= 0.6 is 0 Å². The highest BCUT2D eigenvalue weighted by molar-refractivity contribution is 5.92. The summed E-state index contributed by atoms with van der Waals surface area (Å²) in [6.45, 7) is 2.33. The van der Waals surface area contributed by atoms with Crippen molar-refractivity contribution in [1.29, 1.82) is 0 Å². The molecule has 1 fully saturated rings. The van der Waals surface area contributed by atoms with E-state index in [0.717, 1.165) is 5.56 Å². The van der Waals surface area contributed by atoms with Gasteiger partial charge in [-0.2, -0.15) is 0 Å². The van der Waals surface area contributed by atoms with Gasteiger partial charge in [-0.05, 0) is 18.6 Å². The standard InChI is InChI=1S/C20H22N4O5/c1-13(14-6-4-3-5-7-14)23-12-15(10-19(23)25)21-20(26)22-17-11-16(24(27)28)8-9-18(17)29-2/h3-9,11,13,15H,10,12H2,1-2H3,(H2,21,22,26). The minimum Gasteiger partial charge on any atom is -0.495 e. The van der Waals surface area contributed by atoms with E-state index in [1.54, 1.807) is 4.90 Å². The van der Waals surface area contributed by atoms with Crippen LogP contribution < -0.4 is 15.4 Å². The number of ether oxygens (including phenoxy) is 1. The van der Waals surface area contributed by atoms with E-state index >= 15 is 0 Å². The Bertz CT molecular complexity index is 918. The van der Waals surface area contributed by atoms with E-state index in [-0.39, 0.29) is 35.8 Å². The van der Waals surface area contributed by atoms with E-state index in [0.29, 0.717) is 12.3 Å². The van der Waals surface area contributed by atoms with E-state index in [2.05, 4.69) is 10.6 Å². The number of carbonyl (C=O) groups is 2. The van der Waals surface area contributed by atoms with Crippen LogP contribution in [0.15, 0.2) is 48.5 Å². The molecule has 1 aliphatic heterocycles. The lowest BCUT2D eigenvalue weighted by Gasteiger charge is -2.25. The molecule has 0 aliphatic carbocycles. The van der Waals surface area contributed by atoms with Crippen molar-refractivity contribution in [2.24, 2.45) is 0 Å². The van der Waals surface area contributed by atoms with Crippen LogP contribution in [0.4, 0.5) is 16.2 Å². The molecule has 152 valence electrons. The fraction of sp³-hybridized carbons (Fsp3) is 0.300. The summed E-state index contributed by atoms with van der Waals surface area (Å²) in [7, 11) is 1.41. The molecule has 2 N–H and O–H groups in total.